The molecule has 2 amide bonds. The molecule has 1 aromatic rings. The van der Waals surface area contributed by atoms with Gasteiger partial charge in [-0.15, -0.1) is 0 Å². The van der Waals surface area contributed by atoms with E-state index in [0.29, 0.717) is 10.7 Å². The summed E-state index contributed by atoms with van der Waals surface area (Å²) >= 11 is 5.73. The molecular formula is C12H16ClN3O2. The third kappa shape index (κ3) is 4.73. The number of nitrogens with one attached hydrogen (secondary N) is 3. The fraction of sp³-hybridized carbons (Fsp3) is 0.333. The van der Waals surface area contributed by atoms with Gasteiger partial charge in [0.05, 0.1) is 12.6 Å². The van der Waals surface area contributed by atoms with Gasteiger partial charge in [0.25, 0.3) is 0 Å². The van der Waals surface area contributed by atoms with E-state index in [9.17, 15) is 9.59 Å². The molecule has 18 heavy (non-hydrogen) atoms. The van der Waals surface area contributed by atoms with Crippen LogP contribution in [0.25, 0.3) is 0 Å². The molecule has 3 N–H and O–H groups in total. The lowest BCUT2D eigenvalue weighted by molar-refractivity contribution is -0.122. The van der Waals surface area contributed by atoms with Gasteiger partial charge in [-0.25, -0.2) is 0 Å². The molecule has 0 aliphatic rings. The molecule has 0 bridgehead atoms. The zero-order chi connectivity index (χ0) is 13.5. The first kappa shape index (κ1) is 14.5. The van der Waals surface area contributed by atoms with Gasteiger partial charge in [-0.05, 0) is 31.2 Å². The van der Waals surface area contributed by atoms with Crippen molar-refractivity contribution in [3.05, 3.63) is 29.3 Å². The summed E-state index contributed by atoms with van der Waals surface area (Å²) in [6.07, 6.45) is 0. The molecule has 1 unspecified atom stereocenters. The highest BCUT2D eigenvalue weighted by atomic mass is 35.5. The van der Waals surface area contributed by atoms with Crippen LogP contribution in [0.2, 0.25) is 5.02 Å². The zero-order valence-corrected chi connectivity index (χ0v) is 11.0. The van der Waals surface area contributed by atoms with Crippen LogP contribution in [-0.4, -0.2) is 31.4 Å². The van der Waals surface area contributed by atoms with Gasteiger partial charge in [-0.1, -0.05) is 11.6 Å². The fourth-order valence-corrected chi connectivity index (χ4v) is 1.42. The van der Waals surface area contributed by atoms with Crippen molar-refractivity contribution in [2.75, 3.05) is 18.9 Å². The van der Waals surface area contributed by atoms with Crippen LogP contribution in [0.4, 0.5) is 5.69 Å². The maximum atomic E-state index is 11.6. The Morgan fingerprint density at radius 3 is 2.44 bits per heavy atom. The summed E-state index contributed by atoms with van der Waals surface area (Å²) in [5.74, 6) is -0.373. The molecule has 0 radical (unpaired) electrons. The van der Waals surface area contributed by atoms with Gasteiger partial charge < -0.3 is 10.6 Å². The maximum absolute atomic E-state index is 11.6. The summed E-state index contributed by atoms with van der Waals surface area (Å²) in [6, 6.07) is 6.39. The second kappa shape index (κ2) is 6.98. The molecule has 0 aliphatic carbocycles. The van der Waals surface area contributed by atoms with Crippen LogP contribution in [-0.2, 0) is 9.59 Å². The van der Waals surface area contributed by atoms with E-state index >= 15 is 0 Å². The monoisotopic (exact) mass is 269 g/mol. The van der Waals surface area contributed by atoms with Crippen LogP contribution in [0, 0.1) is 0 Å². The first-order chi connectivity index (χ1) is 8.52. The van der Waals surface area contributed by atoms with Crippen molar-refractivity contribution in [2.45, 2.75) is 13.0 Å². The number of likely N-dealkylation sites (N-methyl/N-ethyl adjacent to an activating group) is 1. The summed E-state index contributed by atoms with van der Waals surface area (Å²) in [5, 5.41) is 8.61. The maximum Gasteiger partial charge on any atom is 0.238 e. The Kier molecular flexibility index (Phi) is 5.61. The first-order valence-electron chi connectivity index (χ1n) is 5.53. The topological polar surface area (TPSA) is 70.2 Å². The van der Waals surface area contributed by atoms with E-state index in [1.165, 1.54) is 0 Å². The molecule has 0 spiro atoms. The van der Waals surface area contributed by atoms with Crippen LogP contribution in [0.1, 0.15) is 6.92 Å². The molecule has 1 rings (SSSR count). The molecule has 0 fully saturated rings. The molecule has 0 aromatic heterocycles. The highest BCUT2D eigenvalue weighted by Gasteiger charge is 2.11. The number of hydrogen-bond acceptors (Lipinski definition) is 3. The average Bonchev–Trinajstić information content (AvgIpc) is 2.37. The van der Waals surface area contributed by atoms with Gasteiger partial charge in [0.15, 0.2) is 0 Å². The lowest BCUT2D eigenvalue weighted by Gasteiger charge is -2.12. The minimum Gasteiger partial charge on any atom is -0.358 e. The summed E-state index contributed by atoms with van der Waals surface area (Å²) in [4.78, 5) is 22.8. The Labute approximate surface area is 111 Å². The highest BCUT2D eigenvalue weighted by Crippen LogP contribution is 2.12. The number of rotatable bonds is 5. The highest BCUT2D eigenvalue weighted by molar-refractivity contribution is 6.30. The van der Waals surface area contributed by atoms with Crippen molar-refractivity contribution >= 4 is 29.1 Å². The predicted octanol–water partition coefficient (Wildman–Crippen LogP) is 1.00. The second-order valence-electron chi connectivity index (χ2n) is 3.77. The Morgan fingerprint density at radius 1 is 1.28 bits per heavy atom. The molecule has 0 saturated heterocycles. The summed E-state index contributed by atoms with van der Waals surface area (Å²) in [6.45, 7) is 1.76. The van der Waals surface area contributed by atoms with E-state index in [1.54, 1.807) is 38.2 Å². The quantitative estimate of drug-likeness (QED) is 0.747. The molecule has 98 valence electrons. The van der Waals surface area contributed by atoms with Crippen molar-refractivity contribution in [1.29, 1.82) is 0 Å². The van der Waals surface area contributed by atoms with Gasteiger partial charge in [-0.3, -0.25) is 14.9 Å². The SMILES string of the molecule is CNC(=O)C(C)NCC(=O)Nc1ccc(Cl)cc1. The Hall–Kier alpha value is -1.59. The van der Waals surface area contributed by atoms with E-state index in [2.05, 4.69) is 16.0 Å². The van der Waals surface area contributed by atoms with E-state index < -0.39 is 6.04 Å². The third-order valence-corrected chi connectivity index (χ3v) is 2.59. The smallest absolute Gasteiger partial charge is 0.238 e. The van der Waals surface area contributed by atoms with E-state index in [-0.39, 0.29) is 18.4 Å². The summed E-state index contributed by atoms with van der Waals surface area (Å²) in [5.41, 5.74) is 0.666. The number of hydrogen-bond donors (Lipinski definition) is 3. The van der Waals surface area contributed by atoms with Gasteiger partial charge in [0.1, 0.15) is 0 Å². The molecule has 0 heterocycles. The molecule has 5 nitrogen and oxygen atoms in total. The lowest BCUT2D eigenvalue weighted by atomic mass is 10.3. The van der Waals surface area contributed by atoms with Crippen molar-refractivity contribution in [1.82, 2.24) is 10.6 Å². The number of halogens is 1. The van der Waals surface area contributed by atoms with Crippen LogP contribution < -0.4 is 16.0 Å². The summed E-state index contributed by atoms with van der Waals surface area (Å²) in [7, 11) is 1.55. The molecule has 6 heteroatoms. The molecule has 1 aromatic carbocycles. The largest absolute Gasteiger partial charge is 0.358 e. The second-order valence-corrected chi connectivity index (χ2v) is 4.21. The number of carbonyl (C=O) groups is 2. The zero-order valence-electron chi connectivity index (χ0n) is 10.3. The number of carbonyl (C=O) groups excluding carboxylic acids is 2. The Balaban J connectivity index is 2.38. The standard InChI is InChI=1S/C12H16ClN3O2/c1-8(12(18)14-2)15-7-11(17)16-10-5-3-9(13)4-6-10/h3-6,8,15H,7H2,1-2H3,(H,14,18)(H,16,17). The van der Waals surface area contributed by atoms with Crippen molar-refractivity contribution in [3.8, 4) is 0 Å². The van der Waals surface area contributed by atoms with Gasteiger partial charge >= 0.3 is 0 Å². The first-order valence-corrected chi connectivity index (χ1v) is 5.91. The van der Waals surface area contributed by atoms with Gasteiger partial charge in [-0.2, -0.15) is 0 Å². The Bertz CT molecular complexity index is 420. The van der Waals surface area contributed by atoms with Crippen molar-refractivity contribution < 1.29 is 9.59 Å². The van der Waals surface area contributed by atoms with Gasteiger partial charge in [0, 0.05) is 17.8 Å². The Morgan fingerprint density at radius 2 is 1.89 bits per heavy atom. The minimum atomic E-state index is -0.411. The van der Waals surface area contributed by atoms with Gasteiger partial charge in [0.2, 0.25) is 11.8 Å². The predicted molar refractivity (Wildman–Crippen MR) is 71.6 cm³/mol. The van der Waals surface area contributed by atoms with Crippen LogP contribution >= 0.6 is 11.6 Å². The molecule has 0 saturated carbocycles. The third-order valence-electron chi connectivity index (χ3n) is 2.34. The van der Waals surface area contributed by atoms with Crippen molar-refractivity contribution in [2.24, 2.45) is 0 Å². The van der Waals surface area contributed by atoms with E-state index in [4.69, 9.17) is 11.6 Å². The van der Waals surface area contributed by atoms with Crippen LogP contribution in [0.15, 0.2) is 24.3 Å². The normalized spacial score (nSPS) is 11.7. The lowest BCUT2D eigenvalue weighted by Crippen LogP contribution is -2.43. The minimum absolute atomic E-state index is 0.0667. The number of benzene rings is 1. The molecule has 1 atom stereocenters. The molecule has 0 aliphatic heterocycles. The van der Waals surface area contributed by atoms with E-state index in [0.717, 1.165) is 0 Å². The fourth-order valence-electron chi connectivity index (χ4n) is 1.29. The summed E-state index contributed by atoms with van der Waals surface area (Å²) < 4.78 is 0. The van der Waals surface area contributed by atoms with E-state index in [1.807, 2.05) is 0 Å². The number of anilines is 1. The van der Waals surface area contributed by atoms with Crippen molar-refractivity contribution in [3.63, 3.8) is 0 Å². The molecular weight excluding hydrogens is 254 g/mol. The van der Waals surface area contributed by atoms with Crippen LogP contribution in [0.3, 0.4) is 0 Å². The number of amides is 2. The van der Waals surface area contributed by atoms with Crippen LogP contribution in [0.5, 0.6) is 0 Å². The average molecular weight is 270 g/mol.